The minimum Gasteiger partial charge on any atom is -0.329 e. The van der Waals surface area contributed by atoms with Crippen LogP contribution in [0.1, 0.15) is 50.6 Å². The van der Waals surface area contributed by atoms with Gasteiger partial charge >= 0.3 is 0 Å². The molecule has 0 saturated heterocycles. The molecule has 0 aliphatic heterocycles. The van der Waals surface area contributed by atoms with Gasteiger partial charge in [-0.15, -0.1) is 11.8 Å². The number of rotatable bonds is 8. The van der Waals surface area contributed by atoms with Crippen molar-refractivity contribution in [3.8, 4) is 0 Å². The lowest BCUT2D eigenvalue weighted by Crippen LogP contribution is -2.14. The summed E-state index contributed by atoms with van der Waals surface area (Å²) in [6.07, 6.45) is 15.8. The molecule has 146 valence electrons. The second-order valence-electron chi connectivity index (χ2n) is 7.48. The van der Waals surface area contributed by atoms with Crippen LogP contribution in [0.2, 0.25) is 0 Å². The molecule has 0 bridgehead atoms. The fourth-order valence-electron chi connectivity index (χ4n) is 4.35. The van der Waals surface area contributed by atoms with Crippen LogP contribution in [0.5, 0.6) is 0 Å². The van der Waals surface area contributed by atoms with E-state index in [2.05, 4.69) is 44.5 Å². The van der Waals surface area contributed by atoms with Crippen LogP contribution < -0.4 is 5.32 Å². The highest BCUT2D eigenvalue weighted by atomic mass is 32.2. The van der Waals surface area contributed by atoms with Crippen LogP contribution in [-0.4, -0.2) is 39.4 Å². The van der Waals surface area contributed by atoms with Crippen LogP contribution >= 0.6 is 11.8 Å². The van der Waals surface area contributed by atoms with E-state index in [1.54, 1.807) is 24.3 Å². The molecular formula is C21H31N5S. The number of nitrogens with zero attached hydrogens (tertiary/aromatic N) is 4. The van der Waals surface area contributed by atoms with Crippen LogP contribution in [0.25, 0.3) is 11.0 Å². The summed E-state index contributed by atoms with van der Waals surface area (Å²) in [5.41, 5.74) is 2.14. The molecule has 2 heterocycles. The van der Waals surface area contributed by atoms with Crippen LogP contribution in [0.3, 0.4) is 0 Å². The van der Waals surface area contributed by atoms with Gasteiger partial charge in [0.05, 0.1) is 0 Å². The molecule has 3 atom stereocenters. The Morgan fingerprint density at radius 2 is 2.37 bits per heavy atom. The van der Waals surface area contributed by atoms with Crippen molar-refractivity contribution in [3.05, 3.63) is 37.1 Å². The van der Waals surface area contributed by atoms with E-state index in [1.165, 1.54) is 32.1 Å². The summed E-state index contributed by atoms with van der Waals surface area (Å²) >= 11 is 1.64. The van der Waals surface area contributed by atoms with Gasteiger partial charge in [0.1, 0.15) is 17.0 Å². The van der Waals surface area contributed by atoms with Gasteiger partial charge in [0.15, 0.2) is 0 Å². The zero-order valence-corrected chi connectivity index (χ0v) is 17.5. The molecule has 1 saturated carbocycles. The normalized spacial score (nSPS) is 21.7. The minimum atomic E-state index is 0.514. The summed E-state index contributed by atoms with van der Waals surface area (Å²) in [5.74, 6) is 1.58. The van der Waals surface area contributed by atoms with E-state index >= 15 is 0 Å². The van der Waals surface area contributed by atoms with Gasteiger partial charge in [0.25, 0.3) is 0 Å². The van der Waals surface area contributed by atoms with Crippen molar-refractivity contribution in [2.45, 2.75) is 45.1 Å². The summed E-state index contributed by atoms with van der Waals surface area (Å²) in [6.45, 7) is 7.29. The Bertz CT molecular complexity index is 797. The molecule has 0 radical (unpaired) electrons. The lowest BCUT2D eigenvalue weighted by atomic mass is 9.88. The second-order valence-corrected chi connectivity index (χ2v) is 8.28. The summed E-state index contributed by atoms with van der Waals surface area (Å²) in [4.78, 5) is 13.3. The van der Waals surface area contributed by atoms with Crippen molar-refractivity contribution < 1.29 is 0 Å². The lowest BCUT2D eigenvalue weighted by molar-refractivity contribution is 0.327. The number of hydrogen-bond acceptors (Lipinski definition) is 5. The Kier molecular flexibility index (Phi) is 7.07. The summed E-state index contributed by atoms with van der Waals surface area (Å²) < 4.78 is 2.38. The molecule has 27 heavy (non-hydrogen) atoms. The van der Waals surface area contributed by atoms with E-state index in [9.17, 15) is 0 Å². The second kappa shape index (κ2) is 9.51. The van der Waals surface area contributed by atoms with Gasteiger partial charge in [0.2, 0.25) is 0 Å². The minimum absolute atomic E-state index is 0.514. The van der Waals surface area contributed by atoms with Crippen LogP contribution in [0.4, 0.5) is 0 Å². The molecule has 0 spiro atoms. The molecule has 2 aromatic heterocycles. The molecule has 1 N–H and O–H groups in total. The van der Waals surface area contributed by atoms with Gasteiger partial charge in [-0.3, -0.25) is 0 Å². The van der Waals surface area contributed by atoms with E-state index in [-0.39, 0.29) is 0 Å². The maximum Gasteiger partial charge on any atom is 0.144 e. The first-order valence-corrected chi connectivity index (χ1v) is 11.1. The van der Waals surface area contributed by atoms with E-state index < -0.39 is 0 Å². The highest BCUT2D eigenvalue weighted by Gasteiger charge is 2.31. The quantitative estimate of drug-likeness (QED) is 0.408. The largest absolute Gasteiger partial charge is 0.329 e. The molecule has 5 nitrogen and oxygen atoms in total. The zero-order valence-electron chi connectivity index (χ0n) is 16.7. The van der Waals surface area contributed by atoms with Crippen molar-refractivity contribution in [2.75, 3.05) is 19.8 Å². The molecule has 2 unspecified atom stereocenters. The maximum atomic E-state index is 4.61. The van der Waals surface area contributed by atoms with Crippen LogP contribution in [-0.2, 0) is 0 Å². The van der Waals surface area contributed by atoms with Crippen molar-refractivity contribution in [3.63, 3.8) is 0 Å². The van der Waals surface area contributed by atoms with Crippen molar-refractivity contribution in [1.82, 2.24) is 19.9 Å². The predicted octanol–water partition coefficient (Wildman–Crippen LogP) is 4.66. The van der Waals surface area contributed by atoms with E-state index in [0.29, 0.717) is 6.04 Å². The van der Waals surface area contributed by atoms with Crippen molar-refractivity contribution in [2.24, 2.45) is 16.8 Å². The number of fused-ring (bicyclic) bond motifs is 1. The van der Waals surface area contributed by atoms with Gasteiger partial charge in [-0.05, 0) is 63.8 Å². The standard InChI is InChI=1S/C21H31N5S/c1-5-24-21(27-4)19-13-26(20-18(19)12-23-14-25-20)17-9-8-16(11-17)15(2)7-6-10-22-3/h5,12-17,22H,1,6-11H2,2-4H3/b24-21-/t15-,16?,17?/m1/s1. The van der Waals surface area contributed by atoms with E-state index in [4.69, 9.17) is 0 Å². The first kappa shape index (κ1) is 20.1. The first-order chi connectivity index (χ1) is 13.2. The SMILES string of the molecule is C=C/N=C(\SC)c1cn(C2CCC([C@H](C)CCCNC)C2)c2ncncc12. The number of aliphatic imine (C=N–C) groups is 1. The average Bonchev–Trinajstić information content (AvgIpc) is 3.31. The third-order valence-electron chi connectivity index (χ3n) is 5.86. The van der Waals surface area contributed by atoms with Crippen molar-refractivity contribution >= 4 is 27.8 Å². The maximum absolute atomic E-state index is 4.61. The summed E-state index contributed by atoms with van der Waals surface area (Å²) in [7, 11) is 2.03. The smallest absolute Gasteiger partial charge is 0.144 e. The molecule has 1 aliphatic carbocycles. The Hall–Kier alpha value is -1.66. The number of hydrogen-bond donors (Lipinski definition) is 1. The molecule has 2 aromatic rings. The van der Waals surface area contributed by atoms with E-state index in [0.717, 1.165) is 40.0 Å². The van der Waals surface area contributed by atoms with Gasteiger partial charge in [-0.1, -0.05) is 13.5 Å². The monoisotopic (exact) mass is 385 g/mol. The third kappa shape index (κ3) is 4.43. The summed E-state index contributed by atoms with van der Waals surface area (Å²) in [6, 6.07) is 0.514. The highest BCUT2D eigenvalue weighted by molar-refractivity contribution is 8.13. The fourth-order valence-corrected chi connectivity index (χ4v) is 4.91. The van der Waals surface area contributed by atoms with Crippen molar-refractivity contribution in [1.29, 1.82) is 0 Å². The molecule has 1 fully saturated rings. The third-order valence-corrected chi connectivity index (χ3v) is 6.57. The molecule has 0 aromatic carbocycles. The number of nitrogens with one attached hydrogen (secondary N) is 1. The average molecular weight is 386 g/mol. The lowest BCUT2D eigenvalue weighted by Gasteiger charge is -2.20. The Morgan fingerprint density at radius 3 is 3.11 bits per heavy atom. The summed E-state index contributed by atoms with van der Waals surface area (Å²) in [5, 5.41) is 5.31. The van der Waals surface area contributed by atoms with Crippen LogP contribution in [0, 0.1) is 11.8 Å². The van der Waals surface area contributed by atoms with Gasteiger partial charge in [-0.2, -0.15) is 0 Å². The van der Waals surface area contributed by atoms with Gasteiger partial charge < -0.3 is 9.88 Å². The van der Waals surface area contributed by atoms with Gasteiger partial charge in [-0.25, -0.2) is 15.0 Å². The number of thioether (sulfide) groups is 1. The zero-order chi connectivity index (χ0) is 19.2. The van der Waals surface area contributed by atoms with E-state index in [1.807, 2.05) is 19.5 Å². The Morgan fingerprint density at radius 1 is 1.52 bits per heavy atom. The predicted molar refractivity (Wildman–Crippen MR) is 116 cm³/mol. The molecule has 6 heteroatoms. The van der Waals surface area contributed by atoms with Gasteiger partial charge in [0, 0.05) is 35.6 Å². The molecule has 1 aliphatic rings. The highest BCUT2D eigenvalue weighted by Crippen LogP contribution is 2.41. The topological polar surface area (TPSA) is 55.1 Å². The molecule has 3 rings (SSSR count). The fraction of sp³-hybridized carbons (Fsp3) is 0.571. The Balaban J connectivity index is 1.83. The Labute approximate surface area is 166 Å². The molecule has 0 amide bonds. The molecular weight excluding hydrogens is 354 g/mol. The van der Waals surface area contributed by atoms with Crippen LogP contribution in [0.15, 0.2) is 36.5 Å². The number of aromatic nitrogens is 3. The first-order valence-electron chi connectivity index (χ1n) is 9.87.